The second-order valence-corrected chi connectivity index (χ2v) is 4.56. The number of rotatable bonds is 4. The van der Waals surface area contributed by atoms with Gasteiger partial charge in [0.1, 0.15) is 0 Å². The summed E-state index contributed by atoms with van der Waals surface area (Å²) in [6.45, 7) is 8.01. The van der Waals surface area contributed by atoms with Crippen molar-refractivity contribution >= 4 is 0 Å². The van der Waals surface area contributed by atoms with E-state index in [1.807, 2.05) is 0 Å². The Morgan fingerprint density at radius 1 is 1.33 bits per heavy atom. The van der Waals surface area contributed by atoms with E-state index in [2.05, 4.69) is 26.1 Å². The van der Waals surface area contributed by atoms with Gasteiger partial charge in [-0.15, -0.1) is 0 Å². The first-order valence-electron chi connectivity index (χ1n) is 5.45. The van der Waals surface area contributed by atoms with Gasteiger partial charge in [0.2, 0.25) is 0 Å². The highest BCUT2D eigenvalue weighted by Crippen LogP contribution is 2.30. The molecule has 0 aromatic heterocycles. The van der Waals surface area contributed by atoms with Crippen LogP contribution in [0, 0.1) is 11.8 Å². The van der Waals surface area contributed by atoms with Crippen LogP contribution in [0.25, 0.3) is 0 Å². The van der Waals surface area contributed by atoms with Crippen LogP contribution in [0.1, 0.15) is 46.5 Å². The zero-order valence-electron chi connectivity index (χ0n) is 8.77. The van der Waals surface area contributed by atoms with E-state index in [1.165, 1.54) is 25.7 Å². The molecule has 1 rings (SSSR count). The van der Waals surface area contributed by atoms with Crippen LogP contribution < -0.4 is 5.32 Å². The third-order valence-corrected chi connectivity index (χ3v) is 2.84. The molecule has 1 aliphatic rings. The molecule has 1 fully saturated rings. The molecule has 0 saturated heterocycles. The van der Waals surface area contributed by atoms with Crippen LogP contribution in [-0.4, -0.2) is 12.6 Å². The summed E-state index contributed by atoms with van der Waals surface area (Å²) in [6.07, 6.45) is 5.72. The molecule has 1 heteroatoms. The first kappa shape index (κ1) is 10.0. The third-order valence-electron chi connectivity index (χ3n) is 2.84. The zero-order valence-corrected chi connectivity index (χ0v) is 8.77. The van der Waals surface area contributed by atoms with Crippen molar-refractivity contribution in [1.82, 2.24) is 5.32 Å². The van der Waals surface area contributed by atoms with Crippen molar-refractivity contribution in [2.24, 2.45) is 11.8 Å². The van der Waals surface area contributed by atoms with Crippen LogP contribution in [0.15, 0.2) is 0 Å². The standard InChI is InChI=1S/C11H23N/c1-4-12-11-6-5-10(8-11)7-9(2)3/h9-12H,4-8H2,1-3H3. The highest BCUT2D eigenvalue weighted by molar-refractivity contribution is 4.80. The third kappa shape index (κ3) is 3.14. The first-order chi connectivity index (χ1) is 5.72. The molecular formula is C11H23N. The smallest absolute Gasteiger partial charge is 0.00696 e. The van der Waals surface area contributed by atoms with E-state index in [-0.39, 0.29) is 0 Å². The summed E-state index contributed by atoms with van der Waals surface area (Å²) >= 11 is 0. The predicted molar refractivity (Wildman–Crippen MR) is 54.3 cm³/mol. The maximum atomic E-state index is 3.55. The molecule has 2 atom stereocenters. The van der Waals surface area contributed by atoms with Gasteiger partial charge < -0.3 is 5.32 Å². The molecule has 0 bridgehead atoms. The Kier molecular flexibility index (Phi) is 4.07. The predicted octanol–water partition coefficient (Wildman–Crippen LogP) is 2.81. The molecule has 0 aromatic carbocycles. The van der Waals surface area contributed by atoms with Crippen LogP contribution in [0.2, 0.25) is 0 Å². The van der Waals surface area contributed by atoms with Crippen molar-refractivity contribution in [3.05, 3.63) is 0 Å². The van der Waals surface area contributed by atoms with Crippen LogP contribution in [0.4, 0.5) is 0 Å². The molecule has 1 nitrogen and oxygen atoms in total. The molecule has 2 unspecified atom stereocenters. The Labute approximate surface area is 76.9 Å². The van der Waals surface area contributed by atoms with Crippen molar-refractivity contribution in [2.75, 3.05) is 6.54 Å². The lowest BCUT2D eigenvalue weighted by molar-refractivity contribution is 0.406. The lowest BCUT2D eigenvalue weighted by atomic mass is 9.96. The topological polar surface area (TPSA) is 12.0 Å². The Morgan fingerprint density at radius 3 is 2.67 bits per heavy atom. The summed E-state index contributed by atoms with van der Waals surface area (Å²) in [4.78, 5) is 0. The Hall–Kier alpha value is -0.0400. The van der Waals surface area contributed by atoms with Crippen molar-refractivity contribution in [3.63, 3.8) is 0 Å². The molecule has 12 heavy (non-hydrogen) atoms. The van der Waals surface area contributed by atoms with E-state index >= 15 is 0 Å². The second kappa shape index (κ2) is 4.86. The molecule has 0 heterocycles. The molecule has 0 radical (unpaired) electrons. The molecule has 72 valence electrons. The Bertz CT molecular complexity index is 120. The average molecular weight is 169 g/mol. The molecule has 0 amide bonds. The van der Waals surface area contributed by atoms with Gasteiger partial charge in [-0.1, -0.05) is 20.8 Å². The van der Waals surface area contributed by atoms with Gasteiger partial charge >= 0.3 is 0 Å². The maximum absolute atomic E-state index is 3.55. The van der Waals surface area contributed by atoms with Crippen molar-refractivity contribution in [3.8, 4) is 0 Å². The SMILES string of the molecule is CCNC1CCC(CC(C)C)C1. The van der Waals surface area contributed by atoms with Crippen LogP contribution in [0.3, 0.4) is 0 Å². The summed E-state index contributed by atoms with van der Waals surface area (Å²) in [5, 5.41) is 3.55. The number of hydrogen-bond donors (Lipinski definition) is 1. The monoisotopic (exact) mass is 169 g/mol. The minimum Gasteiger partial charge on any atom is -0.314 e. The zero-order chi connectivity index (χ0) is 8.97. The Balaban J connectivity index is 2.16. The van der Waals surface area contributed by atoms with Gasteiger partial charge in [-0.05, 0) is 44.1 Å². The molecule has 1 aliphatic carbocycles. The van der Waals surface area contributed by atoms with Crippen molar-refractivity contribution in [1.29, 1.82) is 0 Å². The highest BCUT2D eigenvalue weighted by Gasteiger charge is 2.23. The lowest BCUT2D eigenvalue weighted by Crippen LogP contribution is -2.25. The number of hydrogen-bond acceptors (Lipinski definition) is 1. The fraction of sp³-hybridized carbons (Fsp3) is 1.00. The summed E-state index contributed by atoms with van der Waals surface area (Å²) in [7, 11) is 0. The molecular weight excluding hydrogens is 146 g/mol. The fourth-order valence-corrected chi connectivity index (χ4v) is 2.43. The fourth-order valence-electron chi connectivity index (χ4n) is 2.43. The maximum Gasteiger partial charge on any atom is 0.00696 e. The second-order valence-electron chi connectivity index (χ2n) is 4.56. The minimum absolute atomic E-state index is 0.832. The molecule has 1 saturated carbocycles. The van der Waals surface area contributed by atoms with Crippen molar-refractivity contribution < 1.29 is 0 Å². The minimum atomic E-state index is 0.832. The van der Waals surface area contributed by atoms with E-state index in [4.69, 9.17) is 0 Å². The molecule has 0 aliphatic heterocycles. The van der Waals surface area contributed by atoms with E-state index in [1.54, 1.807) is 0 Å². The normalized spacial score (nSPS) is 30.0. The average Bonchev–Trinajstić information content (AvgIpc) is 2.36. The summed E-state index contributed by atoms with van der Waals surface area (Å²) in [5.41, 5.74) is 0. The van der Waals surface area contributed by atoms with Crippen molar-refractivity contribution in [2.45, 2.75) is 52.5 Å². The van der Waals surface area contributed by atoms with Crippen LogP contribution in [0.5, 0.6) is 0 Å². The molecule has 0 aromatic rings. The van der Waals surface area contributed by atoms with E-state index < -0.39 is 0 Å². The van der Waals surface area contributed by atoms with Gasteiger partial charge in [0.05, 0.1) is 0 Å². The van der Waals surface area contributed by atoms with Gasteiger partial charge in [0.15, 0.2) is 0 Å². The van der Waals surface area contributed by atoms with Gasteiger partial charge in [-0.2, -0.15) is 0 Å². The molecule has 1 N–H and O–H groups in total. The van der Waals surface area contributed by atoms with Gasteiger partial charge in [-0.3, -0.25) is 0 Å². The van der Waals surface area contributed by atoms with E-state index in [0.29, 0.717) is 0 Å². The van der Waals surface area contributed by atoms with Gasteiger partial charge in [-0.25, -0.2) is 0 Å². The van der Waals surface area contributed by atoms with Gasteiger partial charge in [0.25, 0.3) is 0 Å². The lowest BCUT2D eigenvalue weighted by Gasteiger charge is -2.13. The molecule has 0 spiro atoms. The Morgan fingerprint density at radius 2 is 2.08 bits per heavy atom. The van der Waals surface area contributed by atoms with E-state index in [0.717, 1.165) is 24.4 Å². The summed E-state index contributed by atoms with van der Waals surface area (Å²) in [6, 6.07) is 0.832. The quantitative estimate of drug-likeness (QED) is 0.682. The highest BCUT2D eigenvalue weighted by atomic mass is 14.9. The summed E-state index contributed by atoms with van der Waals surface area (Å²) in [5.74, 6) is 1.89. The van der Waals surface area contributed by atoms with E-state index in [9.17, 15) is 0 Å². The van der Waals surface area contributed by atoms with Crippen LogP contribution >= 0.6 is 0 Å². The number of nitrogens with one attached hydrogen (secondary N) is 1. The van der Waals surface area contributed by atoms with Gasteiger partial charge in [0, 0.05) is 6.04 Å². The summed E-state index contributed by atoms with van der Waals surface area (Å²) < 4.78 is 0. The first-order valence-corrected chi connectivity index (χ1v) is 5.45. The van der Waals surface area contributed by atoms with Crippen LogP contribution in [-0.2, 0) is 0 Å². The largest absolute Gasteiger partial charge is 0.314 e.